The molecule has 4 aromatic carbocycles. The molecule has 214 valence electrons. The molecule has 5 rings (SSSR count). The molecule has 0 spiro atoms. The van der Waals surface area contributed by atoms with Crippen LogP contribution in [-0.4, -0.2) is 35.6 Å². The fourth-order valence-corrected chi connectivity index (χ4v) is 5.33. The number of nitrogens with one attached hydrogen (secondary N) is 3. The van der Waals surface area contributed by atoms with Gasteiger partial charge in [0.1, 0.15) is 17.5 Å². The molecule has 3 amide bonds. The van der Waals surface area contributed by atoms with Gasteiger partial charge in [-0.05, 0) is 72.7 Å². The summed E-state index contributed by atoms with van der Waals surface area (Å²) >= 11 is 0. The van der Waals surface area contributed by atoms with Gasteiger partial charge in [0.15, 0.2) is 0 Å². The van der Waals surface area contributed by atoms with Crippen LogP contribution in [-0.2, 0) is 11.2 Å². The van der Waals surface area contributed by atoms with E-state index in [4.69, 9.17) is 4.74 Å². The molecule has 0 aromatic heterocycles. The Bertz CT molecular complexity index is 1620. The largest absolute Gasteiger partial charge is 0.480 e. The van der Waals surface area contributed by atoms with E-state index in [0.29, 0.717) is 28.2 Å². The van der Waals surface area contributed by atoms with Crippen LogP contribution in [0.3, 0.4) is 0 Å². The van der Waals surface area contributed by atoms with E-state index in [2.05, 4.69) is 16.0 Å². The Hall–Kier alpha value is -5.11. The Morgan fingerprint density at radius 1 is 0.905 bits per heavy atom. The molecule has 4 aromatic rings. The average molecular weight is 564 g/mol. The number of benzene rings is 4. The monoisotopic (exact) mass is 563 g/mol. The maximum atomic E-state index is 13.3. The highest BCUT2D eigenvalue weighted by Crippen LogP contribution is 2.32. The van der Waals surface area contributed by atoms with Gasteiger partial charge in [-0.2, -0.15) is 0 Å². The van der Waals surface area contributed by atoms with E-state index in [0.717, 1.165) is 29.5 Å². The van der Waals surface area contributed by atoms with E-state index in [9.17, 15) is 19.5 Å². The third-order valence-corrected chi connectivity index (χ3v) is 7.53. The summed E-state index contributed by atoms with van der Waals surface area (Å²) in [4.78, 5) is 37.9. The van der Waals surface area contributed by atoms with Crippen LogP contribution in [0.4, 0.5) is 4.79 Å². The Morgan fingerprint density at radius 3 is 2.43 bits per heavy atom. The lowest BCUT2D eigenvalue weighted by Crippen LogP contribution is -2.50. The first-order chi connectivity index (χ1) is 20.3. The summed E-state index contributed by atoms with van der Waals surface area (Å²) in [5.74, 6) is -0.724. The number of hydrogen-bond acceptors (Lipinski definition) is 4. The average Bonchev–Trinajstić information content (AvgIpc) is 3.40. The lowest BCUT2D eigenvalue weighted by atomic mass is 10.0. The minimum absolute atomic E-state index is 0.138. The molecule has 1 aliphatic carbocycles. The molecule has 0 saturated carbocycles. The molecule has 8 heteroatoms. The minimum Gasteiger partial charge on any atom is -0.480 e. The van der Waals surface area contributed by atoms with Crippen LogP contribution in [0.5, 0.6) is 11.5 Å². The molecule has 2 atom stereocenters. The number of amides is 3. The zero-order valence-corrected chi connectivity index (χ0v) is 23.5. The molecule has 0 aliphatic heterocycles. The summed E-state index contributed by atoms with van der Waals surface area (Å²) in [6.07, 6.45) is 1.65. The summed E-state index contributed by atoms with van der Waals surface area (Å²) in [6.45, 7) is 3.27. The number of carbonyl (C=O) groups excluding carboxylic acids is 2. The van der Waals surface area contributed by atoms with Gasteiger partial charge in [-0.25, -0.2) is 9.59 Å². The van der Waals surface area contributed by atoms with E-state index in [-0.39, 0.29) is 12.6 Å². The third kappa shape index (κ3) is 6.44. The normalized spacial score (nSPS) is 14.4. The van der Waals surface area contributed by atoms with Crippen LogP contribution < -0.4 is 20.7 Å². The van der Waals surface area contributed by atoms with Crippen LogP contribution in [0, 0.1) is 13.8 Å². The van der Waals surface area contributed by atoms with Crippen LogP contribution in [0.25, 0.3) is 11.1 Å². The molecule has 0 fully saturated rings. The van der Waals surface area contributed by atoms with Crippen molar-refractivity contribution in [2.45, 2.75) is 38.8 Å². The third-order valence-electron chi connectivity index (χ3n) is 7.53. The molecular weight excluding hydrogens is 530 g/mol. The number of urea groups is 1. The first-order valence-corrected chi connectivity index (χ1v) is 13.9. The van der Waals surface area contributed by atoms with Gasteiger partial charge in [0.05, 0.1) is 12.6 Å². The van der Waals surface area contributed by atoms with Crippen molar-refractivity contribution in [2.75, 3.05) is 6.54 Å². The molecule has 8 nitrogen and oxygen atoms in total. The molecule has 4 N–H and O–H groups in total. The molecule has 1 aliphatic rings. The topological polar surface area (TPSA) is 117 Å². The summed E-state index contributed by atoms with van der Waals surface area (Å²) < 4.78 is 6.18. The fourth-order valence-electron chi connectivity index (χ4n) is 5.33. The van der Waals surface area contributed by atoms with Crippen molar-refractivity contribution in [2.24, 2.45) is 0 Å². The van der Waals surface area contributed by atoms with E-state index in [1.54, 1.807) is 26.0 Å². The number of aliphatic carboxylic acids is 1. The van der Waals surface area contributed by atoms with Crippen molar-refractivity contribution >= 4 is 17.9 Å². The Morgan fingerprint density at radius 2 is 1.64 bits per heavy atom. The molecule has 0 saturated heterocycles. The molecule has 0 unspecified atom stereocenters. The molecule has 0 heterocycles. The van der Waals surface area contributed by atoms with E-state index < -0.39 is 23.9 Å². The highest BCUT2D eigenvalue weighted by atomic mass is 16.5. The standard InChI is InChI=1S/C34H33N3O5/c1-21-15-18-30(42-26-13-8-12-25(19-26)23-9-4-3-5-10-23)22(2)31(21)32(38)36-29(33(39)40)20-35-34(41)37-28-17-16-24-11-6-7-14-27(24)28/h3-15,18-19,28-29H,16-17,20H2,1-2H3,(H,36,38)(H,39,40)(H2,35,37,41)/t28-,29+/m1/s1. The highest BCUT2D eigenvalue weighted by Gasteiger charge is 2.26. The Balaban J connectivity index is 1.25. The van der Waals surface area contributed by atoms with Gasteiger partial charge in [0, 0.05) is 11.1 Å². The molecule has 0 radical (unpaired) electrons. The van der Waals surface area contributed by atoms with Crippen molar-refractivity contribution in [3.63, 3.8) is 0 Å². The van der Waals surface area contributed by atoms with Gasteiger partial charge in [0.25, 0.3) is 5.91 Å². The van der Waals surface area contributed by atoms with Crippen LogP contribution in [0.2, 0.25) is 0 Å². The number of hydrogen-bond donors (Lipinski definition) is 4. The fraction of sp³-hybridized carbons (Fsp3) is 0.206. The van der Waals surface area contributed by atoms with Crippen molar-refractivity contribution in [3.8, 4) is 22.6 Å². The number of carbonyl (C=O) groups is 3. The van der Waals surface area contributed by atoms with E-state index in [1.807, 2.05) is 78.9 Å². The zero-order chi connectivity index (χ0) is 29.6. The zero-order valence-electron chi connectivity index (χ0n) is 23.5. The minimum atomic E-state index is -1.33. The number of rotatable bonds is 9. The van der Waals surface area contributed by atoms with Crippen molar-refractivity contribution < 1.29 is 24.2 Å². The Labute approximate surface area is 244 Å². The van der Waals surface area contributed by atoms with Gasteiger partial charge in [0.2, 0.25) is 0 Å². The second-order valence-corrected chi connectivity index (χ2v) is 10.4. The van der Waals surface area contributed by atoms with Gasteiger partial charge in [-0.1, -0.05) is 72.8 Å². The van der Waals surface area contributed by atoms with Crippen LogP contribution in [0.1, 0.15) is 45.1 Å². The lowest BCUT2D eigenvalue weighted by Gasteiger charge is -2.20. The van der Waals surface area contributed by atoms with Gasteiger partial charge < -0.3 is 25.8 Å². The van der Waals surface area contributed by atoms with Crippen LogP contribution >= 0.6 is 0 Å². The highest BCUT2D eigenvalue weighted by molar-refractivity contribution is 5.99. The quantitative estimate of drug-likeness (QED) is 0.201. The molecular formula is C34H33N3O5. The number of ether oxygens (including phenoxy) is 1. The summed E-state index contributed by atoms with van der Waals surface area (Å²) in [7, 11) is 0. The second kappa shape index (κ2) is 12.6. The number of carboxylic acid groups (broad SMARTS) is 1. The first kappa shape index (κ1) is 28.4. The molecule has 0 bridgehead atoms. The number of fused-ring (bicyclic) bond motifs is 1. The second-order valence-electron chi connectivity index (χ2n) is 10.4. The summed E-state index contributed by atoms with van der Waals surface area (Å²) in [5.41, 5.74) is 5.88. The van der Waals surface area contributed by atoms with Crippen molar-refractivity contribution in [3.05, 3.63) is 119 Å². The predicted molar refractivity (Wildman–Crippen MR) is 161 cm³/mol. The van der Waals surface area contributed by atoms with E-state index >= 15 is 0 Å². The first-order valence-electron chi connectivity index (χ1n) is 13.9. The van der Waals surface area contributed by atoms with Crippen molar-refractivity contribution in [1.82, 2.24) is 16.0 Å². The summed E-state index contributed by atoms with van der Waals surface area (Å²) in [5, 5.41) is 17.9. The number of carboxylic acids is 1. The predicted octanol–water partition coefficient (Wildman–Crippen LogP) is 5.93. The number of aryl methyl sites for hydroxylation is 2. The maximum Gasteiger partial charge on any atom is 0.328 e. The van der Waals surface area contributed by atoms with Crippen LogP contribution in [0.15, 0.2) is 91.0 Å². The maximum absolute atomic E-state index is 13.3. The van der Waals surface area contributed by atoms with Crippen molar-refractivity contribution in [1.29, 1.82) is 0 Å². The lowest BCUT2D eigenvalue weighted by molar-refractivity contribution is -0.139. The smallest absolute Gasteiger partial charge is 0.328 e. The van der Waals surface area contributed by atoms with Gasteiger partial charge in [-0.15, -0.1) is 0 Å². The van der Waals surface area contributed by atoms with E-state index in [1.165, 1.54) is 5.56 Å². The summed E-state index contributed by atoms with van der Waals surface area (Å²) in [6, 6.07) is 27.1. The molecule has 42 heavy (non-hydrogen) atoms. The van der Waals surface area contributed by atoms with Gasteiger partial charge in [-0.3, -0.25) is 4.79 Å². The SMILES string of the molecule is Cc1ccc(Oc2cccc(-c3ccccc3)c2)c(C)c1C(=O)N[C@@H](CNC(=O)N[C@@H]1CCc2ccccc21)C(=O)O. The van der Waals surface area contributed by atoms with Gasteiger partial charge >= 0.3 is 12.0 Å². The Kier molecular flexibility index (Phi) is 8.52.